The van der Waals surface area contributed by atoms with Crippen LogP contribution in [0.25, 0.3) is 0 Å². The molecule has 20 heavy (non-hydrogen) atoms. The smallest absolute Gasteiger partial charge is 0.242 e. The molecule has 0 amide bonds. The molecule has 0 saturated carbocycles. The normalized spacial score (nSPS) is 20.9. The van der Waals surface area contributed by atoms with E-state index < -0.39 is 0 Å². The Labute approximate surface area is 120 Å². The number of hydrogen-bond donors (Lipinski definition) is 2. The van der Waals surface area contributed by atoms with Gasteiger partial charge in [-0.1, -0.05) is 0 Å². The Kier molecular flexibility index (Phi) is 4.97. The van der Waals surface area contributed by atoms with E-state index in [1.165, 1.54) is 6.33 Å². The van der Waals surface area contributed by atoms with Gasteiger partial charge in [0.25, 0.3) is 0 Å². The molecule has 1 unspecified atom stereocenters. The van der Waals surface area contributed by atoms with Crippen LogP contribution in [0.15, 0.2) is 6.33 Å². The first kappa shape index (κ1) is 14.8. The van der Waals surface area contributed by atoms with Gasteiger partial charge in [0.2, 0.25) is 5.88 Å². The summed E-state index contributed by atoms with van der Waals surface area (Å²) in [5.74, 6) is 1.09. The maximum absolute atomic E-state index is 6.01. The van der Waals surface area contributed by atoms with E-state index in [9.17, 15) is 0 Å². The van der Waals surface area contributed by atoms with Crippen molar-refractivity contribution in [3.05, 3.63) is 6.33 Å². The highest BCUT2D eigenvalue weighted by Crippen LogP contribution is 2.24. The number of aromatic nitrogens is 2. The van der Waals surface area contributed by atoms with Crippen molar-refractivity contribution < 1.29 is 4.74 Å². The maximum atomic E-state index is 6.01. The van der Waals surface area contributed by atoms with Crippen molar-refractivity contribution >= 4 is 11.5 Å². The van der Waals surface area contributed by atoms with Gasteiger partial charge in [-0.05, 0) is 21.0 Å². The van der Waals surface area contributed by atoms with Crippen LogP contribution in [0.5, 0.6) is 5.88 Å². The van der Waals surface area contributed by atoms with Crippen LogP contribution < -0.4 is 15.8 Å². The summed E-state index contributed by atoms with van der Waals surface area (Å²) in [6, 6.07) is 0.443. The van der Waals surface area contributed by atoms with Gasteiger partial charge in [-0.25, -0.2) is 4.98 Å². The van der Waals surface area contributed by atoms with Gasteiger partial charge in [-0.2, -0.15) is 4.98 Å². The first-order valence-corrected chi connectivity index (χ1v) is 6.97. The summed E-state index contributed by atoms with van der Waals surface area (Å²) < 4.78 is 5.37. The molecule has 0 spiro atoms. The Morgan fingerprint density at radius 3 is 2.95 bits per heavy atom. The van der Waals surface area contributed by atoms with Crippen LogP contribution in [0.3, 0.4) is 0 Å². The summed E-state index contributed by atoms with van der Waals surface area (Å²) in [6.07, 6.45) is 1.47. The highest BCUT2D eigenvalue weighted by Gasteiger charge is 2.22. The molecule has 1 atom stereocenters. The predicted octanol–water partition coefficient (Wildman–Crippen LogP) is 0.115. The molecule has 7 nitrogen and oxygen atoms in total. The molecule has 7 heteroatoms. The highest BCUT2D eigenvalue weighted by molar-refractivity contribution is 5.66. The first-order chi connectivity index (χ1) is 9.61. The maximum Gasteiger partial charge on any atom is 0.242 e. The lowest BCUT2D eigenvalue weighted by molar-refractivity contribution is 0.122. The molecule has 1 aromatic rings. The fourth-order valence-corrected chi connectivity index (χ4v) is 2.31. The topological polar surface area (TPSA) is 79.5 Å². The molecule has 2 heterocycles. The zero-order chi connectivity index (χ0) is 14.5. The molecule has 112 valence electrons. The number of nitrogens with one attached hydrogen (secondary N) is 1. The van der Waals surface area contributed by atoms with E-state index in [2.05, 4.69) is 39.2 Å². The molecule has 1 aromatic heterocycles. The summed E-state index contributed by atoms with van der Waals surface area (Å²) in [5, 5.41) is 3.31. The highest BCUT2D eigenvalue weighted by atomic mass is 16.5. The van der Waals surface area contributed by atoms with Crippen molar-refractivity contribution in [1.82, 2.24) is 19.8 Å². The van der Waals surface area contributed by atoms with Gasteiger partial charge in [0.15, 0.2) is 5.82 Å². The molecule has 2 rings (SSSR count). The minimum atomic E-state index is 0.443. The van der Waals surface area contributed by atoms with E-state index in [0.717, 1.165) is 26.2 Å². The van der Waals surface area contributed by atoms with Crippen LogP contribution in [0.1, 0.15) is 6.92 Å². The van der Waals surface area contributed by atoms with Gasteiger partial charge in [0.05, 0.1) is 6.61 Å². The summed E-state index contributed by atoms with van der Waals surface area (Å²) >= 11 is 0. The van der Waals surface area contributed by atoms with E-state index in [4.69, 9.17) is 10.5 Å². The monoisotopic (exact) mass is 280 g/mol. The van der Waals surface area contributed by atoms with Crippen molar-refractivity contribution in [2.24, 2.45) is 0 Å². The SMILES string of the molecule is CCOc1ncnc(NCC2CN(C)CCN2C)c1N. The van der Waals surface area contributed by atoms with Crippen molar-refractivity contribution in [3.63, 3.8) is 0 Å². The van der Waals surface area contributed by atoms with Crippen LogP contribution in [0.4, 0.5) is 11.5 Å². The van der Waals surface area contributed by atoms with E-state index in [-0.39, 0.29) is 0 Å². The number of nitrogens with zero attached hydrogens (tertiary/aromatic N) is 4. The van der Waals surface area contributed by atoms with E-state index >= 15 is 0 Å². The van der Waals surface area contributed by atoms with Crippen molar-refractivity contribution in [1.29, 1.82) is 0 Å². The van der Waals surface area contributed by atoms with Gasteiger partial charge in [-0.15, -0.1) is 0 Å². The van der Waals surface area contributed by atoms with Gasteiger partial charge in [0, 0.05) is 32.2 Å². The quantitative estimate of drug-likeness (QED) is 0.792. The van der Waals surface area contributed by atoms with E-state index in [0.29, 0.717) is 30.0 Å². The van der Waals surface area contributed by atoms with Crippen LogP contribution in [0.2, 0.25) is 0 Å². The Balaban J connectivity index is 1.98. The van der Waals surface area contributed by atoms with Crippen molar-refractivity contribution in [2.45, 2.75) is 13.0 Å². The summed E-state index contributed by atoms with van der Waals surface area (Å²) in [7, 11) is 4.29. The molecule has 0 aromatic carbocycles. The Morgan fingerprint density at radius 2 is 2.20 bits per heavy atom. The van der Waals surface area contributed by atoms with Gasteiger partial charge in [0.1, 0.15) is 12.0 Å². The molecule has 0 bridgehead atoms. The molecule has 1 fully saturated rings. The number of ether oxygens (including phenoxy) is 1. The second-order valence-electron chi connectivity index (χ2n) is 5.15. The standard InChI is InChI=1S/C13H24N6O/c1-4-20-13-11(14)12(16-9-17-13)15-7-10-8-18(2)5-6-19(10)3/h9-10H,4-8,14H2,1-3H3,(H,15,16,17). The number of hydrogen-bond acceptors (Lipinski definition) is 7. The molecule has 0 aliphatic carbocycles. The number of nitrogen functional groups attached to an aromatic ring is 1. The zero-order valence-electron chi connectivity index (χ0n) is 12.5. The fourth-order valence-electron chi connectivity index (χ4n) is 2.31. The van der Waals surface area contributed by atoms with Gasteiger partial charge >= 0.3 is 0 Å². The van der Waals surface area contributed by atoms with Crippen LogP contribution in [0, 0.1) is 0 Å². The minimum Gasteiger partial charge on any atom is -0.476 e. The van der Waals surface area contributed by atoms with Gasteiger partial charge in [-0.3, -0.25) is 4.90 Å². The van der Waals surface area contributed by atoms with Gasteiger partial charge < -0.3 is 20.7 Å². The van der Waals surface area contributed by atoms with E-state index in [1.54, 1.807) is 0 Å². The minimum absolute atomic E-state index is 0.443. The van der Waals surface area contributed by atoms with E-state index in [1.807, 2.05) is 6.92 Å². The molecule has 0 radical (unpaired) electrons. The van der Waals surface area contributed by atoms with Crippen molar-refractivity contribution in [2.75, 3.05) is 57.9 Å². The molecule has 1 aliphatic heterocycles. The largest absolute Gasteiger partial charge is 0.476 e. The molecular weight excluding hydrogens is 256 g/mol. The fraction of sp³-hybridized carbons (Fsp3) is 0.692. The number of rotatable bonds is 5. The third-order valence-corrected chi connectivity index (χ3v) is 3.61. The lowest BCUT2D eigenvalue weighted by Gasteiger charge is -2.37. The molecule has 1 saturated heterocycles. The number of piperazine rings is 1. The third-order valence-electron chi connectivity index (χ3n) is 3.61. The number of nitrogens with two attached hydrogens (primary N) is 1. The number of anilines is 2. The van der Waals surface area contributed by atoms with Crippen molar-refractivity contribution in [3.8, 4) is 5.88 Å². The average Bonchev–Trinajstić information content (AvgIpc) is 2.43. The second kappa shape index (κ2) is 6.71. The summed E-state index contributed by atoms with van der Waals surface area (Å²) in [4.78, 5) is 12.9. The second-order valence-corrected chi connectivity index (χ2v) is 5.15. The molecule has 1 aliphatic rings. The third kappa shape index (κ3) is 3.49. The zero-order valence-corrected chi connectivity index (χ0v) is 12.5. The van der Waals surface area contributed by atoms with Crippen LogP contribution in [-0.2, 0) is 0 Å². The lowest BCUT2D eigenvalue weighted by atomic mass is 10.2. The Bertz CT molecular complexity index is 441. The predicted molar refractivity (Wildman–Crippen MR) is 80.0 cm³/mol. The summed E-state index contributed by atoms with van der Waals surface area (Å²) in [6.45, 7) is 6.46. The average molecular weight is 280 g/mol. The van der Waals surface area contributed by atoms with Crippen LogP contribution in [-0.4, -0.2) is 72.7 Å². The molecule has 3 N–H and O–H groups in total. The summed E-state index contributed by atoms with van der Waals surface area (Å²) in [5.41, 5.74) is 6.48. The Morgan fingerprint density at radius 1 is 1.40 bits per heavy atom. The lowest BCUT2D eigenvalue weighted by Crippen LogP contribution is -2.52. The van der Waals surface area contributed by atoms with Crippen LogP contribution >= 0.6 is 0 Å². The molecular formula is C13H24N6O. The Hall–Kier alpha value is -1.60. The first-order valence-electron chi connectivity index (χ1n) is 6.97. The number of likely N-dealkylation sites (N-methyl/N-ethyl adjacent to an activating group) is 2.